The molecule has 2 aromatic rings. The van der Waals surface area contributed by atoms with E-state index in [0.717, 1.165) is 11.1 Å². The van der Waals surface area contributed by atoms with Crippen LogP contribution in [0.15, 0.2) is 48.5 Å². The maximum absolute atomic E-state index is 12.1. The van der Waals surface area contributed by atoms with E-state index in [2.05, 4.69) is 5.32 Å². The molecule has 2 rings (SSSR count). The van der Waals surface area contributed by atoms with Gasteiger partial charge in [0.05, 0.1) is 0 Å². The Balaban J connectivity index is 1.94. The third-order valence-corrected chi connectivity index (χ3v) is 3.67. The number of amides is 2. The number of carbonyl (C=O) groups is 2. The zero-order chi connectivity index (χ0) is 16.8. The fraction of sp³-hybridized carbons (Fsp3) is 0.263. The number of nitrogens with one attached hydrogen (secondary N) is 1. The monoisotopic (exact) mass is 310 g/mol. The highest BCUT2D eigenvalue weighted by atomic mass is 16.2. The summed E-state index contributed by atoms with van der Waals surface area (Å²) in [4.78, 5) is 25.7. The second kappa shape index (κ2) is 7.58. The third kappa shape index (κ3) is 4.42. The van der Waals surface area contributed by atoms with Crippen molar-refractivity contribution in [3.63, 3.8) is 0 Å². The van der Waals surface area contributed by atoms with Crippen LogP contribution in [0.25, 0.3) is 0 Å². The van der Waals surface area contributed by atoms with Crippen LogP contribution in [0, 0.1) is 6.92 Å². The van der Waals surface area contributed by atoms with Gasteiger partial charge in [0, 0.05) is 31.8 Å². The SMILES string of the molecule is Cc1ccccc1C(=O)NCCc1cccc(C(=O)N(C)C)c1. The number of aryl methyl sites for hydroxylation is 1. The molecule has 0 unspecified atom stereocenters. The zero-order valence-corrected chi connectivity index (χ0v) is 13.8. The van der Waals surface area contributed by atoms with Crippen LogP contribution in [0.3, 0.4) is 0 Å². The molecule has 0 heterocycles. The van der Waals surface area contributed by atoms with Crippen molar-refractivity contribution in [2.24, 2.45) is 0 Å². The van der Waals surface area contributed by atoms with Crippen LogP contribution in [0.5, 0.6) is 0 Å². The summed E-state index contributed by atoms with van der Waals surface area (Å²) >= 11 is 0. The molecule has 23 heavy (non-hydrogen) atoms. The molecule has 0 fully saturated rings. The molecule has 0 radical (unpaired) electrons. The Labute approximate surface area is 137 Å². The Bertz CT molecular complexity index is 708. The highest BCUT2D eigenvalue weighted by molar-refractivity contribution is 5.95. The van der Waals surface area contributed by atoms with Crippen molar-refractivity contribution in [1.82, 2.24) is 10.2 Å². The molecule has 0 aromatic heterocycles. The average molecular weight is 310 g/mol. The summed E-state index contributed by atoms with van der Waals surface area (Å²) in [5.74, 6) is -0.0839. The van der Waals surface area contributed by atoms with Gasteiger partial charge in [-0.3, -0.25) is 9.59 Å². The van der Waals surface area contributed by atoms with Gasteiger partial charge in [-0.2, -0.15) is 0 Å². The lowest BCUT2D eigenvalue weighted by molar-refractivity contribution is 0.0827. The number of hydrogen-bond acceptors (Lipinski definition) is 2. The van der Waals surface area contributed by atoms with Gasteiger partial charge in [0.1, 0.15) is 0 Å². The lowest BCUT2D eigenvalue weighted by atomic mass is 10.1. The summed E-state index contributed by atoms with van der Waals surface area (Å²) in [6.45, 7) is 2.46. The van der Waals surface area contributed by atoms with Gasteiger partial charge < -0.3 is 10.2 Å². The molecule has 0 saturated carbocycles. The van der Waals surface area contributed by atoms with Crippen molar-refractivity contribution in [3.8, 4) is 0 Å². The van der Waals surface area contributed by atoms with Gasteiger partial charge in [-0.25, -0.2) is 0 Å². The van der Waals surface area contributed by atoms with Gasteiger partial charge in [0.15, 0.2) is 0 Å². The number of benzene rings is 2. The van der Waals surface area contributed by atoms with E-state index in [9.17, 15) is 9.59 Å². The largest absolute Gasteiger partial charge is 0.352 e. The topological polar surface area (TPSA) is 49.4 Å². The second-order valence-electron chi connectivity index (χ2n) is 5.72. The van der Waals surface area contributed by atoms with Crippen LogP contribution in [0.2, 0.25) is 0 Å². The predicted molar refractivity (Wildman–Crippen MR) is 91.7 cm³/mol. The summed E-state index contributed by atoms with van der Waals surface area (Å²) in [7, 11) is 3.47. The van der Waals surface area contributed by atoms with Crippen LogP contribution in [-0.4, -0.2) is 37.4 Å². The van der Waals surface area contributed by atoms with Crippen molar-refractivity contribution in [1.29, 1.82) is 0 Å². The molecule has 0 aliphatic rings. The first-order valence-electron chi connectivity index (χ1n) is 7.63. The maximum Gasteiger partial charge on any atom is 0.253 e. The van der Waals surface area contributed by atoms with Gasteiger partial charge >= 0.3 is 0 Å². The lowest BCUT2D eigenvalue weighted by Crippen LogP contribution is -2.26. The fourth-order valence-electron chi connectivity index (χ4n) is 2.36. The van der Waals surface area contributed by atoms with Crippen LogP contribution >= 0.6 is 0 Å². The normalized spacial score (nSPS) is 10.2. The van der Waals surface area contributed by atoms with Crippen LogP contribution in [0.4, 0.5) is 0 Å². The molecule has 0 aliphatic carbocycles. The standard InChI is InChI=1S/C19H22N2O2/c1-14-7-4-5-10-17(14)18(22)20-12-11-15-8-6-9-16(13-15)19(23)21(2)3/h4-10,13H,11-12H2,1-3H3,(H,20,22). The minimum atomic E-state index is -0.0661. The highest BCUT2D eigenvalue weighted by Crippen LogP contribution is 2.09. The first-order valence-corrected chi connectivity index (χ1v) is 7.63. The molecule has 2 amide bonds. The molecular formula is C19H22N2O2. The average Bonchev–Trinajstić information content (AvgIpc) is 2.54. The summed E-state index contributed by atoms with van der Waals surface area (Å²) in [5, 5.41) is 2.93. The molecule has 2 aromatic carbocycles. The van der Waals surface area contributed by atoms with Crippen LogP contribution in [-0.2, 0) is 6.42 Å². The van der Waals surface area contributed by atoms with E-state index >= 15 is 0 Å². The molecular weight excluding hydrogens is 288 g/mol. The van der Waals surface area contributed by atoms with E-state index in [0.29, 0.717) is 24.1 Å². The van der Waals surface area contributed by atoms with Crippen molar-refractivity contribution in [2.75, 3.05) is 20.6 Å². The highest BCUT2D eigenvalue weighted by Gasteiger charge is 2.09. The van der Waals surface area contributed by atoms with Gasteiger partial charge in [0.2, 0.25) is 0 Å². The van der Waals surface area contributed by atoms with Gasteiger partial charge in [-0.15, -0.1) is 0 Å². The zero-order valence-electron chi connectivity index (χ0n) is 13.8. The Morgan fingerprint density at radius 3 is 2.48 bits per heavy atom. The smallest absolute Gasteiger partial charge is 0.253 e. The number of nitrogens with zero attached hydrogens (tertiary/aromatic N) is 1. The first kappa shape index (κ1) is 16.7. The number of rotatable bonds is 5. The lowest BCUT2D eigenvalue weighted by Gasteiger charge is -2.11. The first-order chi connectivity index (χ1) is 11.0. The van der Waals surface area contributed by atoms with Gasteiger partial charge in [0.25, 0.3) is 11.8 Å². The number of carbonyl (C=O) groups excluding carboxylic acids is 2. The summed E-state index contributed by atoms with van der Waals surface area (Å²) in [5.41, 5.74) is 3.35. The molecule has 0 saturated heterocycles. The summed E-state index contributed by atoms with van der Waals surface area (Å²) < 4.78 is 0. The summed E-state index contributed by atoms with van der Waals surface area (Å²) in [6, 6.07) is 15.0. The minimum absolute atomic E-state index is 0.0178. The molecule has 0 bridgehead atoms. The van der Waals surface area contributed by atoms with E-state index in [1.807, 2.05) is 49.4 Å². The number of hydrogen-bond donors (Lipinski definition) is 1. The molecule has 0 spiro atoms. The van der Waals surface area contributed by atoms with Crippen molar-refractivity contribution in [2.45, 2.75) is 13.3 Å². The molecule has 1 N–H and O–H groups in total. The van der Waals surface area contributed by atoms with Crippen LogP contribution < -0.4 is 5.32 Å². The molecule has 120 valence electrons. The van der Waals surface area contributed by atoms with E-state index in [1.165, 1.54) is 0 Å². The Morgan fingerprint density at radius 2 is 1.78 bits per heavy atom. The van der Waals surface area contributed by atoms with Crippen LogP contribution in [0.1, 0.15) is 31.8 Å². The molecule has 0 atom stereocenters. The van der Waals surface area contributed by atoms with Crippen molar-refractivity contribution < 1.29 is 9.59 Å². The third-order valence-electron chi connectivity index (χ3n) is 3.67. The molecule has 0 aliphatic heterocycles. The van der Waals surface area contributed by atoms with Crippen molar-refractivity contribution >= 4 is 11.8 Å². The van der Waals surface area contributed by atoms with E-state index in [-0.39, 0.29) is 11.8 Å². The quantitative estimate of drug-likeness (QED) is 0.923. The van der Waals surface area contributed by atoms with E-state index in [1.54, 1.807) is 25.1 Å². The Hall–Kier alpha value is -2.62. The molecule has 4 nitrogen and oxygen atoms in total. The Kier molecular flexibility index (Phi) is 5.52. The van der Waals surface area contributed by atoms with Gasteiger partial charge in [-0.05, 0) is 42.7 Å². The fourth-order valence-corrected chi connectivity index (χ4v) is 2.36. The predicted octanol–water partition coefficient (Wildman–Crippen LogP) is 2.67. The van der Waals surface area contributed by atoms with E-state index in [4.69, 9.17) is 0 Å². The minimum Gasteiger partial charge on any atom is -0.352 e. The second-order valence-corrected chi connectivity index (χ2v) is 5.72. The maximum atomic E-state index is 12.1. The van der Waals surface area contributed by atoms with Gasteiger partial charge in [-0.1, -0.05) is 30.3 Å². The summed E-state index contributed by atoms with van der Waals surface area (Å²) in [6.07, 6.45) is 0.687. The van der Waals surface area contributed by atoms with E-state index < -0.39 is 0 Å². The Morgan fingerprint density at radius 1 is 1.04 bits per heavy atom. The molecule has 4 heteroatoms. The van der Waals surface area contributed by atoms with Crippen molar-refractivity contribution in [3.05, 3.63) is 70.8 Å².